The Bertz CT molecular complexity index is 550. The number of nitrogens with zero attached hydrogens (tertiary/aromatic N) is 1. The maximum Gasteiger partial charge on any atom is 0.235 e. The fourth-order valence-corrected chi connectivity index (χ4v) is 2.80. The van der Waals surface area contributed by atoms with Crippen molar-refractivity contribution in [3.05, 3.63) is 29.8 Å². The first kappa shape index (κ1) is 11.7. The molecule has 1 aromatic rings. The highest BCUT2D eigenvalue weighted by atomic mass is 32.2. The zero-order valence-electron chi connectivity index (χ0n) is 9.00. The molecule has 0 heterocycles. The highest BCUT2D eigenvalue weighted by molar-refractivity contribution is 7.93. The quantitative estimate of drug-likeness (QED) is 0.318. The number of rotatable bonds is 4. The summed E-state index contributed by atoms with van der Waals surface area (Å²) in [7, 11) is -3.28. The van der Waals surface area contributed by atoms with E-state index in [2.05, 4.69) is 9.88 Å². The van der Waals surface area contributed by atoms with Crippen LogP contribution in [0.15, 0.2) is 29.4 Å². The molecular weight excluding hydrogens is 242 g/mol. The minimum atomic E-state index is -3.28. The minimum Gasteiger partial charge on any atom is -0.409 e. The zero-order chi connectivity index (χ0) is 12.5. The number of nitrogens with two attached hydrogens (primary N) is 1. The summed E-state index contributed by atoms with van der Waals surface area (Å²) in [6, 6.07) is 6.41. The molecule has 17 heavy (non-hydrogen) atoms. The zero-order valence-corrected chi connectivity index (χ0v) is 9.81. The first-order valence-electron chi connectivity index (χ1n) is 5.12. The second-order valence-corrected chi connectivity index (χ2v) is 5.87. The van der Waals surface area contributed by atoms with Crippen molar-refractivity contribution in [2.45, 2.75) is 18.1 Å². The Morgan fingerprint density at radius 3 is 2.76 bits per heavy atom. The average molecular weight is 255 g/mol. The van der Waals surface area contributed by atoms with Gasteiger partial charge in [-0.15, -0.1) is 0 Å². The van der Waals surface area contributed by atoms with E-state index in [1.54, 1.807) is 18.2 Å². The van der Waals surface area contributed by atoms with E-state index in [-0.39, 0.29) is 11.1 Å². The van der Waals surface area contributed by atoms with E-state index < -0.39 is 10.0 Å². The highest BCUT2D eigenvalue weighted by Gasteiger charge is 2.35. The number of hydrogen-bond acceptors (Lipinski definition) is 4. The molecule has 0 saturated heterocycles. The largest absolute Gasteiger partial charge is 0.409 e. The van der Waals surface area contributed by atoms with Crippen LogP contribution in [0.2, 0.25) is 0 Å². The number of hydrogen-bond donors (Lipinski definition) is 3. The van der Waals surface area contributed by atoms with Gasteiger partial charge in [-0.25, -0.2) is 8.42 Å². The Kier molecular flexibility index (Phi) is 2.93. The highest BCUT2D eigenvalue weighted by Crippen LogP contribution is 2.29. The lowest BCUT2D eigenvalue weighted by Gasteiger charge is -2.08. The van der Waals surface area contributed by atoms with Gasteiger partial charge in [-0.3, -0.25) is 4.72 Å². The summed E-state index contributed by atoms with van der Waals surface area (Å²) in [6.45, 7) is 0. The van der Waals surface area contributed by atoms with E-state index in [0.29, 0.717) is 24.1 Å². The second-order valence-electron chi connectivity index (χ2n) is 3.91. The van der Waals surface area contributed by atoms with Gasteiger partial charge in [0.1, 0.15) is 0 Å². The summed E-state index contributed by atoms with van der Waals surface area (Å²) in [5.41, 5.74) is 6.30. The van der Waals surface area contributed by atoms with Crippen LogP contribution >= 0.6 is 0 Å². The Hall–Kier alpha value is -1.76. The molecule has 92 valence electrons. The normalized spacial score (nSPS) is 16.8. The predicted octanol–water partition coefficient (Wildman–Crippen LogP) is 0.685. The SMILES string of the molecule is NC(=NO)c1cccc(NS(=O)(=O)C2CC2)c1. The molecule has 0 amide bonds. The molecule has 4 N–H and O–H groups in total. The molecule has 1 saturated carbocycles. The average Bonchev–Trinajstić information content (AvgIpc) is 3.11. The lowest BCUT2D eigenvalue weighted by atomic mass is 10.2. The van der Waals surface area contributed by atoms with Crippen molar-refractivity contribution in [1.29, 1.82) is 0 Å². The second kappa shape index (κ2) is 4.25. The monoisotopic (exact) mass is 255 g/mol. The van der Waals surface area contributed by atoms with Gasteiger partial charge in [0.15, 0.2) is 5.84 Å². The van der Waals surface area contributed by atoms with Gasteiger partial charge in [-0.05, 0) is 25.0 Å². The number of benzene rings is 1. The van der Waals surface area contributed by atoms with Gasteiger partial charge < -0.3 is 10.9 Å². The first-order valence-corrected chi connectivity index (χ1v) is 6.67. The lowest BCUT2D eigenvalue weighted by molar-refractivity contribution is 0.318. The number of nitrogens with one attached hydrogen (secondary N) is 1. The molecule has 1 aliphatic rings. The topological polar surface area (TPSA) is 105 Å². The fourth-order valence-electron chi connectivity index (χ4n) is 1.43. The lowest BCUT2D eigenvalue weighted by Crippen LogP contribution is -2.18. The van der Waals surface area contributed by atoms with Crippen LogP contribution in [0.4, 0.5) is 5.69 Å². The Morgan fingerprint density at radius 2 is 2.18 bits per heavy atom. The molecule has 0 spiro atoms. The molecule has 6 nitrogen and oxygen atoms in total. The maximum absolute atomic E-state index is 11.7. The van der Waals surface area contributed by atoms with Crippen LogP contribution in [-0.2, 0) is 10.0 Å². The number of sulfonamides is 1. The minimum absolute atomic E-state index is 0.0579. The van der Waals surface area contributed by atoms with Gasteiger partial charge in [-0.2, -0.15) is 0 Å². The van der Waals surface area contributed by atoms with Crippen LogP contribution in [0, 0.1) is 0 Å². The van der Waals surface area contributed by atoms with Crippen LogP contribution in [-0.4, -0.2) is 24.7 Å². The molecule has 0 atom stereocenters. The van der Waals surface area contributed by atoms with Crippen molar-refractivity contribution in [3.8, 4) is 0 Å². The van der Waals surface area contributed by atoms with E-state index in [1.807, 2.05) is 0 Å². The third-order valence-electron chi connectivity index (χ3n) is 2.49. The van der Waals surface area contributed by atoms with Crippen molar-refractivity contribution in [3.63, 3.8) is 0 Å². The molecule has 1 aliphatic carbocycles. The Morgan fingerprint density at radius 1 is 1.47 bits per heavy atom. The number of oxime groups is 1. The number of anilines is 1. The van der Waals surface area contributed by atoms with Crippen LogP contribution in [0.5, 0.6) is 0 Å². The Balaban J connectivity index is 2.22. The van der Waals surface area contributed by atoms with Gasteiger partial charge in [0, 0.05) is 11.3 Å². The van der Waals surface area contributed by atoms with Crippen molar-refractivity contribution in [2.75, 3.05) is 4.72 Å². The molecular formula is C10H13N3O3S. The third-order valence-corrected chi connectivity index (χ3v) is 4.36. The van der Waals surface area contributed by atoms with Gasteiger partial charge in [0.25, 0.3) is 0 Å². The predicted molar refractivity (Wildman–Crippen MR) is 64.5 cm³/mol. The van der Waals surface area contributed by atoms with Crippen molar-refractivity contribution < 1.29 is 13.6 Å². The summed E-state index contributed by atoms with van der Waals surface area (Å²) < 4.78 is 25.9. The van der Waals surface area contributed by atoms with Crippen LogP contribution in [0.25, 0.3) is 0 Å². The summed E-state index contributed by atoms with van der Waals surface area (Å²) in [4.78, 5) is 0. The summed E-state index contributed by atoms with van der Waals surface area (Å²) in [5, 5.41) is 11.1. The van der Waals surface area contributed by atoms with Crippen molar-refractivity contribution in [2.24, 2.45) is 10.9 Å². The van der Waals surface area contributed by atoms with E-state index in [0.717, 1.165) is 0 Å². The molecule has 1 fully saturated rings. The molecule has 0 unspecified atom stereocenters. The molecule has 2 rings (SSSR count). The van der Waals surface area contributed by atoms with Gasteiger partial charge >= 0.3 is 0 Å². The van der Waals surface area contributed by atoms with Gasteiger partial charge in [-0.1, -0.05) is 17.3 Å². The maximum atomic E-state index is 11.7. The smallest absolute Gasteiger partial charge is 0.235 e. The van der Waals surface area contributed by atoms with E-state index in [1.165, 1.54) is 6.07 Å². The van der Waals surface area contributed by atoms with E-state index in [9.17, 15) is 8.42 Å². The summed E-state index contributed by atoms with van der Waals surface area (Å²) >= 11 is 0. The van der Waals surface area contributed by atoms with Gasteiger partial charge in [0.05, 0.1) is 5.25 Å². The van der Waals surface area contributed by atoms with Crippen LogP contribution in [0.3, 0.4) is 0 Å². The summed E-state index contributed by atoms with van der Waals surface area (Å²) in [6.07, 6.45) is 1.41. The third kappa shape index (κ3) is 2.68. The fraction of sp³-hybridized carbons (Fsp3) is 0.300. The van der Waals surface area contributed by atoms with Gasteiger partial charge in [0.2, 0.25) is 10.0 Å². The Labute approximate surface area is 99.2 Å². The van der Waals surface area contributed by atoms with E-state index >= 15 is 0 Å². The number of amidine groups is 1. The van der Waals surface area contributed by atoms with E-state index in [4.69, 9.17) is 10.9 Å². The molecule has 0 bridgehead atoms. The van der Waals surface area contributed by atoms with Crippen molar-refractivity contribution in [1.82, 2.24) is 0 Å². The molecule has 0 aromatic heterocycles. The van der Waals surface area contributed by atoms with Crippen LogP contribution in [0.1, 0.15) is 18.4 Å². The first-order chi connectivity index (χ1) is 8.03. The standard InChI is InChI=1S/C10H13N3O3S/c11-10(12-14)7-2-1-3-8(6-7)13-17(15,16)9-4-5-9/h1-3,6,9,13-14H,4-5H2,(H2,11,12). The molecule has 7 heteroatoms. The summed E-state index contributed by atoms with van der Waals surface area (Å²) in [5.74, 6) is -0.0579. The van der Waals surface area contributed by atoms with Crippen LogP contribution < -0.4 is 10.5 Å². The molecule has 0 radical (unpaired) electrons. The van der Waals surface area contributed by atoms with Crippen molar-refractivity contribution >= 4 is 21.5 Å². The molecule has 0 aliphatic heterocycles. The molecule has 1 aromatic carbocycles.